The molecule has 160 valence electrons. The molecule has 0 unspecified atom stereocenters. The Morgan fingerprint density at radius 1 is 1.27 bits per heavy atom. The van der Waals surface area contributed by atoms with Crippen molar-refractivity contribution in [1.29, 1.82) is 0 Å². The van der Waals surface area contributed by atoms with Gasteiger partial charge < -0.3 is 24.1 Å². The first-order chi connectivity index (χ1) is 14.3. The highest BCUT2D eigenvalue weighted by Gasteiger charge is 2.27. The van der Waals surface area contributed by atoms with Crippen molar-refractivity contribution >= 4 is 17.0 Å². The quantitative estimate of drug-likeness (QED) is 0.613. The maximum Gasteiger partial charge on any atom is 0.245 e. The van der Waals surface area contributed by atoms with Gasteiger partial charge in [0, 0.05) is 50.3 Å². The van der Waals surface area contributed by atoms with E-state index >= 15 is 0 Å². The predicted molar refractivity (Wildman–Crippen MR) is 114 cm³/mol. The van der Waals surface area contributed by atoms with Crippen molar-refractivity contribution in [2.45, 2.75) is 45.7 Å². The lowest BCUT2D eigenvalue weighted by Gasteiger charge is -2.25. The standard InChI is InChI=1S/C21H28N6O3/c1-13-23-16-9-18(29-12-28-5)15(8-19(16)30-13)17-10-22-20(26-25-17)27-7-6-14(11-27)24-21(2,3)4/h8-10,14,24H,6-7,11-12H2,1-5H3/t14-/m1/s1. The number of aromatic nitrogens is 4. The zero-order chi connectivity index (χ0) is 21.3. The Morgan fingerprint density at radius 3 is 2.80 bits per heavy atom. The van der Waals surface area contributed by atoms with E-state index in [0.717, 1.165) is 25.1 Å². The lowest BCUT2D eigenvalue weighted by atomic mass is 10.1. The highest BCUT2D eigenvalue weighted by atomic mass is 16.7. The number of nitrogens with one attached hydrogen (secondary N) is 1. The smallest absolute Gasteiger partial charge is 0.245 e. The van der Waals surface area contributed by atoms with Crippen LogP contribution >= 0.6 is 0 Å². The summed E-state index contributed by atoms with van der Waals surface area (Å²) in [5.41, 5.74) is 2.79. The molecule has 1 aromatic carbocycles. The molecule has 1 atom stereocenters. The van der Waals surface area contributed by atoms with Crippen molar-refractivity contribution in [3.63, 3.8) is 0 Å². The monoisotopic (exact) mass is 412 g/mol. The third kappa shape index (κ3) is 4.52. The number of benzene rings is 1. The van der Waals surface area contributed by atoms with E-state index in [2.05, 4.69) is 51.2 Å². The summed E-state index contributed by atoms with van der Waals surface area (Å²) >= 11 is 0. The van der Waals surface area contributed by atoms with E-state index in [1.54, 1.807) is 13.3 Å². The molecule has 1 fully saturated rings. The lowest BCUT2D eigenvalue weighted by Crippen LogP contribution is -2.45. The highest BCUT2D eigenvalue weighted by Crippen LogP contribution is 2.33. The Balaban J connectivity index is 1.57. The number of nitrogens with zero attached hydrogens (tertiary/aromatic N) is 5. The molecule has 0 spiro atoms. The van der Waals surface area contributed by atoms with E-state index in [0.29, 0.717) is 40.4 Å². The van der Waals surface area contributed by atoms with Gasteiger partial charge in [-0.15, -0.1) is 10.2 Å². The topological polar surface area (TPSA) is 98.4 Å². The van der Waals surface area contributed by atoms with Gasteiger partial charge in [0.05, 0.1) is 6.20 Å². The van der Waals surface area contributed by atoms with Crippen LogP contribution in [0.3, 0.4) is 0 Å². The van der Waals surface area contributed by atoms with Crippen molar-refractivity contribution in [2.75, 3.05) is 31.9 Å². The van der Waals surface area contributed by atoms with E-state index < -0.39 is 0 Å². The van der Waals surface area contributed by atoms with Crippen LogP contribution < -0.4 is 15.0 Å². The summed E-state index contributed by atoms with van der Waals surface area (Å²) in [6, 6.07) is 4.09. The van der Waals surface area contributed by atoms with E-state index in [-0.39, 0.29) is 12.3 Å². The summed E-state index contributed by atoms with van der Waals surface area (Å²) in [6.07, 6.45) is 2.77. The first-order valence-electron chi connectivity index (χ1n) is 10.1. The molecule has 9 nitrogen and oxygen atoms in total. The number of rotatable bonds is 6. The Morgan fingerprint density at radius 2 is 2.10 bits per heavy atom. The van der Waals surface area contributed by atoms with Gasteiger partial charge >= 0.3 is 0 Å². The lowest BCUT2D eigenvalue weighted by molar-refractivity contribution is 0.0516. The van der Waals surface area contributed by atoms with Gasteiger partial charge in [0.25, 0.3) is 0 Å². The SMILES string of the molecule is COCOc1cc2nc(C)oc2cc1-c1cnc(N2CC[C@@H](NC(C)(C)C)C2)nn1. The molecule has 30 heavy (non-hydrogen) atoms. The second kappa shape index (κ2) is 8.16. The summed E-state index contributed by atoms with van der Waals surface area (Å²) in [5.74, 6) is 1.82. The van der Waals surface area contributed by atoms with Gasteiger partial charge in [-0.2, -0.15) is 0 Å². The second-order valence-corrected chi connectivity index (χ2v) is 8.57. The van der Waals surface area contributed by atoms with E-state index in [9.17, 15) is 0 Å². The van der Waals surface area contributed by atoms with Crippen LogP contribution in [-0.2, 0) is 4.74 Å². The molecule has 0 bridgehead atoms. The maximum atomic E-state index is 5.73. The van der Waals surface area contributed by atoms with E-state index in [1.807, 2.05) is 19.1 Å². The van der Waals surface area contributed by atoms with Gasteiger partial charge in [0.15, 0.2) is 18.3 Å². The van der Waals surface area contributed by atoms with Crippen molar-refractivity contribution < 1.29 is 13.9 Å². The largest absolute Gasteiger partial charge is 0.467 e. The van der Waals surface area contributed by atoms with Crippen molar-refractivity contribution in [3.05, 3.63) is 24.2 Å². The maximum absolute atomic E-state index is 5.73. The van der Waals surface area contributed by atoms with Gasteiger partial charge in [-0.05, 0) is 33.3 Å². The third-order valence-corrected chi connectivity index (χ3v) is 4.86. The number of hydrogen-bond donors (Lipinski definition) is 1. The average Bonchev–Trinajstić information content (AvgIpc) is 3.29. The molecule has 2 aromatic heterocycles. The van der Waals surface area contributed by atoms with Gasteiger partial charge in [-0.3, -0.25) is 0 Å². The Labute approximate surface area is 175 Å². The molecular formula is C21H28N6O3. The zero-order valence-electron chi connectivity index (χ0n) is 18.1. The first kappa shape index (κ1) is 20.5. The van der Waals surface area contributed by atoms with Crippen LogP contribution in [0.2, 0.25) is 0 Å². The molecule has 0 amide bonds. The summed E-state index contributed by atoms with van der Waals surface area (Å²) < 4.78 is 16.4. The minimum Gasteiger partial charge on any atom is -0.467 e. The number of methoxy groups -OCH3 is 1. The summed E-state index contributed by atoms with van der Waals surface area (Å²) in [7, 11) is 1.58. The first-order valence-corrected chi connectivity index (χ1v) is 10.1. The number of hydrogen-bond acceptors (Lipinski definition) is 9. The van der Waals surface area contributed by atoms with Gasteiger partial charge in [0.2, 0.25) is 5.95 Å². The van der Waals surface area contributed by atoms with Crippen LogP contribution in [0.5, 0.6) is 5.75 Å². The number of oxazole rings is 1. The average molecular weight is 412 g/mol. The zero-order valence-corrected chi connectivity index (χ0v) is 18.1. The molecule has 3 heterocycles. The molecule has 1 aliphatic heterocycles. The van der Waals surface area contributed by atoms with Crippen molar-refractivity contribution in [2.24, 2.45) is 0 Å². The van der Waals surface area contributed by atoms with Crippen LogP contribution in [0.25, 0.3) is 22.4 Å². The fourth-order valence-corrected chi connectivity index (χ4v) is 3.72. The Hall–Kier alpha value is -2.78. The minimum atomic E-state index is 0.0833. The molecule has 1 aliphatic rings. The molecule has 9 heteroatoms. The molecule has 4 rings (SSSR count). The predicted octanol–water partition coefficient (Wildman–Crippen LogP) is 2.94. The van der Waals surface area contributed by atoms with Crippen LogP contribution in [-0.4, -0.2) is 58.7 Å². The van der Waals surface area contributed by atoms with Crippen LogP contribution in [0.4, 0.5) is 5.95 Å². The molecule has 3 aromatic rings. The molecular weight excluding hydrogens is 384 g/mol. The van der Waals surface area contributed by atoms with Gasteiger partial charge in [-0.25, -0.2) is 9.97 Å². The minimum absolute atomic E-state index is 0.0833. The fourth-order valence-electron chi connectivity index (χ4n) is 3.72. The number of fused-ring (bicyclic) bond motifs is 1. The van der Waals surface area contributed by atoms with E-state index in [4.69, 9.17) is 13.9 Å². The molecule has 0 radical (unpaired) electrons. The highest BCUT2D eigenvalue weighted by molar-refractivity contribution is 5.83. The second-order valence-electron chi connectivity index (χ2n) is 8.57. The van der Waals surface area contributed by atoms with Crippen molar-refractivity contribution in [3.8, 4) is 17.0 Å². The van der Waals surface area contributed by atoms with Crippen LogP contribution in [0.15, 0.2) is 22.7 Å². The van der Waals surface area contributed by atoms with Crippen LogP contribution in [0, 0.1) is 6.92 Å². The van der Waals surface area contributed by atoms with Crippen molar-refractivity contribution in [1.82, 2.24) is 25.5 Å². The van der Waals surface area contributed by atoms with Crippen LogP contribution in [0.1, 0.15) is 33.1 Å². The molecule has 1 saturated heterocycles. The fraction of sp³-hybridized carbons (Fsp3) is 0.524. The normalized spacial score (nSPS) is 17.1. The Kier molecular flexibility index (Phi) is 5.57. The molecule has 0 saturated carbocycles. The summed E-state index contributed by atoms with van der Waals surface area (Å²) in [5, 5.41) is 12.4. The molecule has 0 aliphatic carbocycles. The number of ether oxygens (including phenoxy) is 2. The number of anilines is 1. The van der Waals surface area contributed by atoms with E-state index in [1.165, 1.54) is 0 Å². The van der Waals surface area contributed by atoms with Gasteiger partial charge in [0.1, 0.15) is 17.0 Å². The number of aryl methyl sites for hydroxylation is 1. The van der Waals surface area contributed by atoms with Gasteiger partial charge in [-0.1, -0.05) is 0 Å². The molecule has 1 N–H and O–H groups in total. The summed E-state index contributed by atoms with van der Waals surface area (Å²) in [6.45, 7) is 10.2. The summed E-state index contributed by atoms with van der Waals surface area (Å²) in [4.78, 5) is 11.1. The third-order valence-electron chi connectivity index (χ3n) is 4.86. The Bertz CT molecular complexity index is 1010.